The van der Waals surface area contributed by atoms with Gasteiger partial charge in [0, 0.05) is 12.1 Å². The molecule has 0 bridgehead atoms. The highest BCUT2D eigenvalue weighted by Crippen LogP contribution is 2.07. The molecule has 0 saturated heterocycles. The zero-order chi connectivity index (χ0) is 15.9. The van der Waals surface area contributed by atoms with Gasteiger partial charge in [-0.1, -0.05) is 18.2 Å². The fraction of sp³-hybridized carbons (Fsp3) is 0. The van der Waals surface area contributed by atoms with Crippen molar-refractivity contribution in [2.45, 2.75) is 0 Å². The summed E-state index contributed by atoms with van der Waals surface area (Å²) < 4.78 is 41.5. The molecule has 0 saturated carbocycles. The lowest BCUT2D eigenvalue weighted by Gasteiger charge is -1.94. The monoisotopic (exact) mass is 413 g/mol. The quantitative estimate of drug-likeness (QED) is 0.248. The molecule has 0 unspecified atom stereocenters. The molecule has 21 heavy (non-hydrogen) atoms. The molecule has 0 spiro atoms. The number of non-ortho nitro benzene ring substituents is 1. The van der Waals surface area contributed by atoms with E-state index in [4.69, 9.17) is 0 Å². The third kappa shape index (κ3) is 8.28. The zero-order valence-corrected chi connectivity index (χ0v) is 12.6. The summed E-state index contributed by atoms with van der Waals surface area (Å²) in [7, 11) is -6.00. The van der Waals surface area contributed by atoms with Crippen LogP contribution in [0.4, 0.5) is 23.0 Å². The van der Waals surface area contributed by atoms with Crippen molar-refractivity contribution in [1.29, 1.82) is 0 Å². The van der Waals surface area contributed by atoms with E-state index in [1.807, 2.05) is 30.3 Å². The average molecular weight is 413 g/mol. The van der Waals surface area contributed by atoms with E-state index in [0.717, 1.165) is 0 Å². The predicted octanol–water partition coefficient (Wildman–Crippen LogP) is 1.02. The molecule has 0 heterocycles. The standard InChI is InChI=1S/C12H9INO2.BF4/c15-14(16)12-8-6-11(7-9-12)13-10-4-2-1-3-5-10;2-1(3,4)5/h1-9H;/q+1;-1. The number of halogens is 5. The van der Waals surface area contributed by atoms with E-state index in [2.05, 4.69) is 12.1 Å². The smallest absolute Gasteiger partial charge is 0.418 e. The van der Waals surface area contributed by atoms with Crippen molar-refractivity contribution in [2.24, 2.45) is 0 Å². The van der Waals surface area contributed by atoms with Gasteiger partial charge in [-0.15, -0.1) is 0 Å². The third-order valence-electron chi connectivity index (χ3n) is 1.99. The molecule has 2 aromatic rings. The fourth-order valence-corrected chi connectivity index (χ4v) is 3.44. The highest BCUT2D eigenvalue weighted by Gasteiger charge is 2.20. The van der Waals surface area contributed by atoms with Gasteiger partial charge in [0.25, 0.3) is 5.69 Å². The van der Waals surface area contributed by atoms with Crippen molar-refractivity contribution in [3.05, 3.63) is 71.9 Å². The molecule has 0 aromatic heterocycles. The van der Waals surface area contributed by atoms with Gasteiger partial charge in [0.05, 0.1) is 4.92 Å². The molecule has 112 valence electrons. The summed E-state index contributed by atoms with van der Waals surface area (Å²) in [5.41, 5.74) is 0.154. The SMILES string of the molecule is F[B-](F)(F)F.O=[N+]([O-])c1ccc([I+]c2ccccc2)cc1. The summed E-state index contributed by atoms with van der Waals surface area (Å²) in [6, 6.07) is 17.0. The molecule has 2 rings (SSSR count). The first-order valence-corrected chi connectivity index (χ1v) is 7.73. The maximum atomic E-state index is 10.5. The summed E-state index contributed by atoms with van der Waals surface area (Å²) >= 11 is -0.227. The van der Waals surface area contributed by atoms with Crippen LogP contribution in [0.15, 0.2) is 54.6 Å². The number of benzene rings is 2. The van der Waals surface area contributed by atoms with Gasteiger partial charge in [-0.2, -0.15) is 0 Å². The highest BCUT2D eigenvalue weighted by atomic mass is 127. The van der Waals surface area contributed by atoms with Crippen molar-refractivity contribution in [3.8, 4) is 0 Å². The third-order valence-corrected chi connectivity index (χ3v) is 4.67. The van der Waals surface area contributed by atoms with Crippen molar-refractivity contribution < 1.29 is 43.4 Å². The van der Waals surface area contributed by atoms with Crippen molar-refractivity contribution in [2.75, 3.05) is 0 Å². The molecule has 0 aliphatic rings. The van der Waals surface area contributed by atoms with E-state index in [1.54, 1.807) is 12.1 Å². The first kappa shape index (κ1) is 17.4. The Kier molecular flexibility index (Phi) is 6.60. The van der Waals surface area contributed by atoms with Gasteiger partial charge in [-0.25, -0.2) is 0 Å². The summed E-state index contributed by atoms with van der Waals surface area (Å²) in [5.74, 6) is 0. The summed E-state index contributed by atoms with van der Waals surface area (Å²) in [4.78, 5) is 10.1. The number of hydrogen-bond acceptors (Lipinski definition) is 2. The molecule has 0 N–H and O–H groups in total. The Morgan fingerprint density at radius 1 is 0.857 bits per heavy atom. The molecule has 0 aliphatic heterocycles. The van der Waals surface area contributed by atoms with Crippen LogP contribution in [0, 0.1) is 17.3 Å². The van der Waals surface area contributed by atoms with Crippen LogP contribution in [0.3, 0.4) is 0 Å². The van der Waals surface area contributed by atoms with E-state index in [-0.39, 0.29) is 31.8 Å². The van der Waals surface area contributed by atoms with Crippen LogP contribution < -0.4 is 21.2 Å². The minimum atomic E-state index is -6.00. The number of nitro benzene ring substituents is 1. The Hall–Kier alpha value is -1.65. The van der Waals surface area contributed by atoms with Gasteiger partial charge in [0.1, 0.15) is 0 Å². The second kappa shape index (κ2) is 7.96. The number of nitro groups is 1. The second-order valence-electron chi connectivity index (χ2n) is 3.62. The van der Waals surface area contributed by atoms with Crippen LogP contribution in [0.1, 0.15) is 0 Å². The van der Waals surface area contributed by atoms with Crippen molar-refractivity contribution in [1.82, 2.24) is 0 Å². The van der Waals surface area contributed by atoms with E-state index >= 15 is 0 Å². The van der Waals surface area contributed by atoms with Crippen LogP contribution in [-0.2, 0) is 0 Å². The van der Waals surface area contributed by atoms with Crippen LogP contribution in [0.25, 0.3) is 0 Å². The minimum absolute atomic E-state index is 0.154. The van der Waals surface area contributed by atoms with E-state index in [9.17, 15) is 27.4 Å². The molecule has 0 radical (unpaired) electrons. The van der Waals surface area contributed by atoms with Gasteiger partial charge in [0.2, 0.25) is 0 Å². The largest absolute Gasteiger partial charge is 0.673 e. The van der Waals surface area contributed by atoms with Crippen LogP contribution in [-0.4, -0.2) is 12.2 Å². The van der Waals surface area contributed by atoms with Crippen molar-refractivity contribution >= 4 is 12.9 Å². The molecule has 0 atom stereocenters. The molecule has 2 aromatic carbocycles. The maximum Gasteiger partial charge on any atom is 0.673 e. The van der Waals surface area contributed by atoms with Gasteiger partial charge in [0.15, 0.2) is 7.14 Å². The van der Waals surface area contributed by atoms with E-state index < -0.39 is 7.25 Å². The number of nitrogens with zero attached hydrogens (tertiary/aromatic N) is 1. The normalized spacial score (nSPS) is 10.5. The van der Waals surface area contributed by atoms with Crippen LogP contribution in [0.5, 0.6) is 0 Å². The van der Waals surface area contributed by atoms with Gasteiger partial charge >= 0.3 is 28.5 Å². The van der Waals surface area contributed by atoms with Gasteiger partial charge in [-0.05, 0) is 24.3 Å². The second-order valence-corrected chi connectivity index (χ2v) is 6.65. The topological polar surface area (TPSA) is 43.1 Å². The predicted molar refractivity (Wildman–Crippen MR) is 67.1 cm³/mol. The molecule has 0 fully saturated rings. The van der Waals surface area contributed by atoms with E-state index in [0.29, 0.717) is 0 Å². The van der Waals surface area contributed by atoms with Gasteiger partial charge < -0.3 is 17.3 Å². The Labute approximate surface area is 128 Å². The number of hydrogen-bond donors (Lipinski definition) is 0. The Bertz CT molecular complexity index is 572. The zero-order valence-electron chi connectivity index (χ0n) is 10.4. The molecular formula is C12H9BF4INO2. The molecular weight excluding hydrogens is 404 g/mol. The fourth-order valence-electron chi connectivity index (χ4n) is 1.23. The lowest BCUT2D eigenvalue weighted by molar-refractivity contribution is -0.597. The average Bonchev–Trinajstić information content (AvgIpc) is 2.38. The molecule has 3 nitrogen and oxygen atoms in total. The maximum absolute atomic E-state index is 10.5. The summed E-state index contributed by atoms with van der Waals surface area (Å²) in [5, 5.41) is 10.5. The lowest BCUT2D eigenvalue weighted by Crippen LogP contribution is -3.61. The van der Waals surface area contributed by atoms with E-state index in [1.165, 1.54) is 7.14 Å². The van der Waals surface area contributed by atoms with Crippen LogP contribution >= 0.6 is 0 Å². The number of rotatable bonds is 3. The van der Waals surface area contributed by atoms with Crippen LogP contribution in [0.2, 0.25) is 0 Å². The highest BCUT2D eigenvalue weighted by molar-refractivity contribution is 6.50. The van der Waals surface area contributed by atoms with Crippen molar-refractivity contribution in [3.63, 3.8) is 0 Å². The molecule has 0 aliphatic carbocycles. The first-order chi connectivity index (χ1) is 9.75. The lowest BCUT2D eigenvalue weighted by atomic mass is 10.3. The molecule has 0 amide bonds. The summed E-state index contributed by atoms with van der Waals surface area (Å²) in [6.45, 7) is 0. The Morgan fingerprint density at radius 2 is 1.29 bits per heavy atom. The Balaban J connectivity index is 0.000000383. The Morgan fingerprint density at radius 3 is 1.71 bits per heavy atom. The minimum Gasteiger partial charge on any atom is -0.418 e. The van der Waals surface area contributed by atoms with Gasteiger partial charge in [-0.3, -0.25) is 10.1 Å². The first-order valence-electron chi connectivity index (χ1n) is 5.57. The molecule has 9 heteroatoms. The summed E-state index contributed by atoms with van der Waals surface area (Å²) in [6.07, 6.45) is 0.